The van der Waals surface area contributed by atoms with E-state index in [1.54, 1.807) is 35.2 Å². The highest BCUT2D eigenvalue weighted by atomic mass is 19.1. The Morgan fingerprint density at radius 2 is 1.85 bits per heavy atom. The lowest BCUT2D eigenvalue weighted by atomic mass is 9.89. The van der Waals surface area contributed by atoms with Gasteiger partial charge in [-0.2, -0.15) is 0 Å². The van der Waals surface area contributed by atoms with E-state index in [1.165, 1.54) is 19.3 Å². The highest BCUT2D eigenvalue weighted by Gasteiger charge is 2.26. The molecule has 1 amide bonds. The molecule has 0 aliphatic carbocycles. The number of halogens is 1. The highest BCUT2D eigenvalue weighted by molar-refractivity contribution is 5.92. The van der Waals surface area contributed by atoms with E-state index >= 15 is 0 Å². The number of benzene rings is 3. The van der Waals surface area contributed by atoms with Crippen LogP contribution in [0.4, 0.5) is 4.39 Å². The van der Waals surface area contributed by atoms with Gasteiger partial charge in [0.1, 0.15) is 11.6 Å². The zero-order valence-corrected chi connectivity index (χ0v) is 18.3. The molecule has 0 fully saturated rings. The Bertz CT molecular complexity index is 1220. The first-order valence-electron chi connectivity index (χ1n) is 10.7. The number of nitrogens with zero attached hydrogens (tertiary/aromatic N) is 1. The van der Waals surface area contributed by atoms with Gasteiger partial charge in [-0.1, -0.05) is 42.5 Å². The predicted octanol–water partition coefficient (Wildman–Crippen LogP) is 4.73. The number of aliphatic carboxylic acids is 1. The molecule has 1 aliphatic heterocycles. The summed E-state index contributed by atoms with van der Waals surface area (Å²) in [5.41, 5.74) is 4.25. The minimum absolute atomic E-state index is 0.130. The van der Waals surface area contributed by atoms with Crippen molar-refractivity contribution in [2.24, 2.45) is 0 Å². The van der Waals surface area contributed by atoms with Crippen molar-refractivity contribution in [2.45, 2.75) is 19.4 Å². The number of amides is 1. The van der Waals surface area contributed by atoms with Crippen molar-refractivity contribution in [3.05, 3.63) is 94.8 Å². The third-order valence-corrected chi connectivity index (χ3v) is 5.79. The average Bonchev–Trinajstić information content (AvgIpc) is 2.83. The SMILES string of the molecule is COc1ccc(CC(=O)O)cc1-c1ccc(F)c2c1CN(C(=O)C=Cc1ccccc1)CC2. The summed E-state index contributed by atoms with van der Waals surface area (Å²) in [5.74, 6) is -0.827. The maximum atomic E-state index is 14.7. The molecule has 0 radical (unpaired) electrons. The summed E-state index contributed by atoms with van der Waals surface area (Å²) in [6, 6.07) is 17.8. The van der Waals surface area contributed by atoms with Crippen molar-refractivity contribution in [3.63, 3.8) is 0 Å². The molecule has 0 aromatic heterocycles. The Morgan fingerprint density at radius 3 is 2.58 bits per heavy atom. The van der Waals surface area contributed by atoms with E-state index in [9.17, 15) is 19.1 Å². The fourth-order valence-corrected chi connectivity index (χ4v) is 4.16. The second-order valence-electron chi connectivity index (χ2n) is 7.91. The molecule has 5 nitrogen and oxygen atoms in total. The van der Waals surface area contributed by atoms with Crippen LogP contribution in [0, 0.1) is 5.82 Å². The number of carbonyl (C=O) groups excluding carboxylic acids is 1. The van der Waals surface area contributed by atoms with Crippen LogP contribution >= 0.6 is 0 Å². The van der Waals surface area contributed by atoms with E-state index in [0.29, 0.717) is 41.0 Å². The predicted molar refractivity (Wildman–Crippen MR) is 124 cm³/mol. The number of methoxy groups -OCH3 is 1. The maximum absolute atomic E-state index is 14.7. The van der Waals surface area contributed by atoms with Crippen molar-refractivity contribution in [1.82, 2.24) is 4.90 Å². The van der Waals surface area contributed by atoms with Gasteiger partial charge >= 0.3 is 5.97 Å². The van der Waals surface area contributed by atoms with Crippen molar-refractivity contribution >= 4 is 18.0 Å². The van der Waals surface area contributed by atoms with Gasteiger partial charge in [0.05, 0.1) is 13.5 Å². The molecule has 0 spiro atoms. The van der Waals surface area contributed by atoms with Gasteiger partial charge in [0.15, 0.2) is 0 Å². The minimum atomic E-state index is -0.936. The number of carboxylic acids is 1. The summed E-state index contributed by atoms with van der Waals surface area (Å²) in [5, 5.41) is 9.18. The van der Waals surface area contributed by atoms with Gasteiger partial charge in [0.2, 0.25) is 5.91 Å². The monoisotopic (exact) mass is 445 g/mol. The smallest absolute Gasteiger partial charge is 0.307 e. The van der Waals surface area contributed by atoms with Gasteiger partial charge < -0.3 is 14.7 Å². The minimum Gasteiger partial charge on any atom is -0.496 e. The molecule has 0 unspecified atom stereocenters. The molecule has 1 heterocycles. The van der Waals surface area contributed by atoms with Crippen molar-refractivity contribution in [3.8, 4) is 16.9 Å². The summed E-state index contributed by atoms with van der Waals surface area (Å²) in [7, 11) is 1.54. The molecule has 6 heteroatoms. The van der Waals surface area contributed by atoms with E-state index < -0.39 is 5.97 Å². The first-order chi connectivity index (χ1) is 16.0. The normalized spacial score (nSPS) is 13.1. The number of hydrogen-bond donors (Lipinski definition) is 1. The van der Waals surface area contributed by atoms with Gasteiger partial charge in [-0.25, -0.2) is 4.39 Å². The number of carbonyl (C=O) groups is 2. The zero-order chi connectivity index (χ0) is 23.4. The van der Waals surface area contributed by atoms with E-state index in [-0.39, 0.29) is 24.7 Å². The van der Waals surface area contributed by atoms with Gasteiger partial charge in [0, 0.05) is 24.7 Å². The number of ether oxygens (including phenoxy) is 1. The van der Waals surface area contributed by atoms with Gasteiger partial charge in [-0.3, -0.25) is 9.59 Å². The lowest BCUT2D eigenvalue weighted by Gasteiger charge is -2.30. The van der Waals surface area contributed by atoms with Crippen LogP contribution < -0.4 is 4.74 Å². The van der Waals surface area contributed by atoms with Crippen LogP contribution in [-0.2, 0) is 29.0 Å². The first-order valence-corrected chi connectivity index (χ1v) is 10.7. The molecule has 1 aliphatic rings. The summed E-state index contributed by atoms with van der Waals surface area (Å²) in [6.07, 6.45) is 3.57. The zero-order valence-electron chi connectivity index (χ0n) is 18.3. The standard InChI is InChI=1S/C27H24FNO4/c1-33-25-11-7-19(16-27(31)32)15-22(25)20-9-10-24(28)21-13-14-29(17-23(20)21)26(30)12-8-18-5-3-2-4-6-18/h2-12,15H,13-14,16-17H2,1H3,(H,31,32). The van der Waals surface area contributed by atoms with E-state index in [1.807, 2.05) is 30.3 Å². The fraction of sp³-hybridized carbons (Fsp3) is 0.185. The van der Waals surface area contributed by atoms with Crippen LogP contribution in [0.15, 0.2) is 66.7 Å². The highest BCUT2D eigenvalue weighted by Crippen LogP contribution is 2.37. The van der Waals surface area contributed by atoms with Crippen LogP contribution in [0.1, 0.15) is 22.3 Å². The molecule has 0 saturated carbocycles. The summed E-state index contributed by atoms with van der Waals surface area (Å²) < 4.78 is 20.2. The Hall–Kier alpha value is -3.93. The Morgan fingerprint density at radius 1 is 1.06 bits per heavy atom. The Kier molecular flexibility index (Phi) is 6.54. The third kappa shape index (κ3) is 4.95. The average molecular weight is 445 g/mol. The maximum Gasteiger partial charge on any atom is 0.307 e. The number of hydrogen-bond acceptors (Lipinski definition) is 3. The van der Waals surface area contributed by atoms with Crippen LogP contribution in [0.25, 0.3) is 17.2 Å². The van der Waals surface area contributed by atoms with E-state index in [0.717, 1.165) is 11.1 Å². The molecule has 0 atom stereocenters. The lowest BCUT2D eigenvalue weighted by molar-refractivity contribution is -0.136. The Labute approximate surface area is 191 Å². The molecule has 0 bridgehead atoms. The second kappa shape index (κ2) is 9.69. The van der Waals surface area contributed by atoms with Crippen molar-refractivity contribution in [1.29, 1.82) is 0 Å². The van der Waals surface area contributed by atoms with Gasteiger partial charge in [-0.15, -0.1) is 0 Å². The molecule has 33 heavy (non-hydrogen) atoms. The molecule has 0 saturated heterocycles. The van der Waals surface area contributed by atoms with Gasteiger partial charge in [0.25, 0.3) is 0 Å². The Balaban J connectivity index is 1.69. The van der Waals surface area contributed by atoms with Crippen LogP contribution in [0.3, 0.4) is 0 Å². The van der Waals surface area contributed by atoms with Gasteiger partial charge in [-0.05, 0) is 58.5 Å². The van der Waals surface area contributed by atoms with Crippen molar-refractivity contribution in [2.75, 3.05) is 13.7 Å². The number of fused-ring (bicyclic) bond motifs is 1. The van der Waals surface area contributed by atoms with Crippen molar-refractivity contribution < 1.29 is 23.8 Å². The molecule has 3 aromatic rings. The molecular weight excluding hydrogens is 421 g/mol. The fourth-order valence-electron chi connectivity index (χ4n) is 4.16. The molecule has 3 aromatic carbocycles. The number of rotatable bonds is 6. The lowest BCUT2D eigenvalue weighted by Crippen LogP contribution is -2.35. The largest absolute Gasteiger partial charge is 0.496 e. The number of carboxylic acid groups (broad SMARTS) is 1. The molecular formula is C27H24FNO4. The summed E-state index contributed by atoms with van der Waals surface area (Å²) >= 11 is 0. The van der Waals surface area contributed by atoms with Crippen LogP contribution in [0.2, 0.25) is 0 Å². The third-order valence-electron chi connectivity index (χ3n) is 5.79. The topological polar surface area (TPSA) is 66.8 Å². The molecule has 4 rings (SSSR count). The molecule has 1 N–H and O–H groups in total. The first kappa shape index (κ1) is 22.3. The van der Waals surface area contributed by atoms with Crippen LogP contribution in [-0.4, -0.2) is 35.5 Å². The second-order valence-corrected chi connectivity index (χ2v) is 7.91. The van der Waals surface area contributed by atoms with Crippen LogP contribution in [0.5, 0.6) is 5.75 Å². The summed E-state index contributed by atoms with van der Waals surface area (Å²) in [6.45, 7) is 0.675. The van der Waals surface area contributed by atoms with E-state index in [4.69, 9.17) is 4.74 Å². The molecule has 168 valence electrons. The quantitative estimate of drug-likeness (QED) is 0.558. The summed E-state index contributed by atoms with van der Waals surface area (Å²) in [4.78, 5) is 25.8. The van der Waals surface area contributed by atoms with E-state index in [2.05, 4.69) is 0 Å².